The lowest BCUT2D eigenvalue weighted by Crippen LogP contribution is -2.34. The van der Waals surface area contributed by atoms with Gasteiger partial charge in [0.2, 0.25) is 10.0 Å². The van der Waals surface area contributed by atoms with E-state index in [1.165, 1.54) is 11.4 Å². The van der Waals surface area contributed by atoms with Crippen molar-refractivity contribution in [2.45, 2.75) is 36.2 Å². The first-order valence-corrected chi connectivity index (χ1v) is 7.97. The topological polar surface area (TPSA) is 115 Å². The van der Waals surface area contributed by atoms with Gasteiger partial charge in [-0.2, -0.15) is 0 Å². The second kappa shape index (κ2) is 4.96. The van der Waals surface area contributed by atoms with E-state index in [4.69, 9.17) is 10.9 Å². The van der Waals surface area contributed by atoms with Crippen molar-refractivity contribution < 1.29 is 13.2 Å². The summed E-state index contributed by atoms with van der Waals surface area (Å²) in [6, 6.07) is 1.47. The molecule has 6 nitrogen and oxygen atoms in total. The Hall–Kier alpha value is -0.960. The molecule has 1 fully saturated rings. The quantitative estimate of drug-likeness (QED) is 0.726. The first-order valence-electron chi connectivity index (χ1n) is 5.54. The van der Waals surface area contributed by atoms with Gasteiger partial charge in [-0.1, -0.05) is 0 Å². The summed E-state index contributed by atoms with van der Waals surface area (Å²) in [4.78, 5) is 12.0. The molecule has 0 aliphatic heterocycles. The molecule has 1 aliphatic rings. The first-order chi connectivity index (χ1) is 8.38. The number of thiophene rings is 1. The number of carbonyl (C=O) groups excluding carboxylic acids is 1. The van der Waals surface area contributed by atoms with E-state index in [0.29, 0.717) is 0 Å². The van der Waals surface area contributed by atoms with E-state index in [0.717, 1.165) is 30.6 Å². The van der Waals surface area contributed by atoms with Gasteiger partial charge in [0.15, 0.2) is 0 Å². The Morgan fingerprint density at radius 1 is 1.44 bits per heavy atom. The summed E-state index contributed by atoms with van der Waals surface area (Å²) in [5.74, 6) is -0.395. The molecule has 0 spiro atoms. The highest BCUT2D eigenvalue weighted by molar-refractivity contribution is 7.89. The zero-order valence-corrected chi connectivity index (χ0v) is 11.3. The summed E-state index contributed by atoms with van der Waals surface area (Å²) in [6.07, 6.45) is 2.42. The molecular formula is C10H15N3O3S2. The van der Waals surface area contributed by atoms with Crippen LogP contribution in [0.4, 0.5) is 0 Å². The summed E-state index contributed by atoms with van der Waals surface area (Å²) in [7, 11) is -3.85. The second-order valence-electron chi connectivity index (χ2n) is 4.40. The van der Waals surface area contributed by atoms with E-state index in [-0.39, 0.29) is 21.9 Å². The number of rotatable bonds is 3. The van der Waals surface area contributed by atoms with Crippen molar-refractivity contribution in [3.63, 3.8) is 0 Å². The fourth-order valence-electron chi connectivity index (χ4n) is 2.09. The maximum Gasteiger partial charge on any atom is 0.262 e. The van der Waals surface area contributed by atoms with Gasteiger partial charge in [-0.15, -0.1) is 11.3 Å². The molecule has 18 heavy (non-hydrogen) atoms. The van der Waals surface area contributed by atoms with Crippen LogP contribution in [0.15, 0.2) is 16.3 Å². The highest BCUT2D eigenvalue weighted by atomic mass is 32.2. The van der Waals surface area contributed by atoms with Gasteiger partial charge in [-0.05, 0) is 30.7 Å². The number of amides is 1. The minimum absolute atomic E-state index is 0.0166. The number of hydrogen-bond donors (Lipinski definition) is 3. The molecule has 0 unspecified atom stereocenters. The van der Waals surface area contributed by atoms with Gasteiger partial charge in [0, 0.05) is 12.1 Å². The van der Waals surface area contributed by atoms with Crippen LogP contribution in [0.5, 0.6) is 0 Å². The van der Waals surface area contributed by atoms with Crippen LogP contribution in [0.3, 0.4) is 0 Å². The van der Waals surface area contributed by atoms with Crippen molar-refractivity contribution in [1.82, 2.24) is 5.32 Å². The molecule has 1 aromatic rings. The predicted octanol–water partition coefficient (Wildman–Crippen LogP) is 0.00510. The van der Waals surface area contributed by atoms with Gasteiger partial charge in [-0.3, -0.25) is 4.79 Å². The zero-order valence-electron chi connectivity index (χ0n) is 9.63. The van der Waals surface area contributed by atoms with Gasteiger partial charge in [0.25, 0.3) is 5.91 Å². The van der Waals surface area contributed by atoms with E-state index in [1.54, 1.807) is 0 Å². The van der Waals surface area contributed by atoms with Gasteiger partial charge >= 0.3 is 0 Å². The SMILES string of the molecule is N[C@@H]1CC[C@@H](NC(=O)c2sccc2S(N)(=O)=O)C1. The fourth-order valence-corrected chi connectivity index (χ4v) is 3.96. The third-order valence-corrected chi connectivity index (χ3v) is 4.95. The third-order valence-electron chi connectivity index (χ3n) is 2.95. The second-order valence-corrected chi connectivity index (χ2v) is 6.85. The number of hydrogen-bond acceptors (Lipinski definition) is 5. The van der Waals surface area contributed by atoms with Crippen molar-refractivity contribution >= 4 is 27.3 Å². The summed E-state index contributed by atoms with van der Waals surface area (Å²) >= 11 is 1.07. The average molecular weight is 289 g/mol. The average Bonchev–Trinajstić information content (AvgIpc) is 2.85. The van der Waals surface area contributed by atoms with E-state index in [2.05, 4.69) is 5.32 Å². The normalized spacial score (nSPS) is 24.1. The van der Waals surface area contributed by atoms with Crippen molar-refractivity contribution in [3.8, 4) is 0 Å². The number of nitrogens with one attached hydrogen (secondary N) is 1. The van der Waals surface area contributed by atoms with Crippen LogP contribution in [-0.4, -0.2) is 26.4 Å². The van der Waals surface area contributed by atoms with E-state index < -0.39 is 15.9 Å². The molecule has 0 aromatic carbocycles. The molecule has 0 saturated heterocycles. The molecule has 1 heterocycles. The van der Waals surface area contributed by atoms with Crippen LogP contribution in [-0.2, 0) is 10.0 Å². The standard InChI is InChI=1S/C10H15N3O3S2/c11-6-1-2-7(5-6)13-10(14)9-8(3-4-17-9)18(12,15)16/h3-4,6-7H,1-2,5,11H2,(H,13,14)(H2,12,15,16)/t6-,7-/m1/s1. The van der Waals surface area contributed by atoms with E-state index >= 15 is 0 Å². The molecule has 1 aromatic heterocycles. The van der Waals surface area contributed by atoms with E-state index in [9.17, 15) is 13.2 Å². The lowest BCUT2D eigenvalue weighted by Gasteiger charge is -2.12. The Balaban J connectivity index is 2.13. The van der Waals surface area contributed by atoms with Crippen molar-refractivity contribution in [1.29, 1.82) is 0 Å². The third kappa shape index (κ3) is 2.89. The Morgan fingerprint density at radius 3 is 2.72 bits per heavy atom. The molecular weight excluding hydrogens is 274 g/mol. The molecule has 8 heteroatoms. The fraction of sp³-hybridized carbons (Fsp3) is 0.500. The van der Waals surface area contributed by atoms with Crippen LogP contribution < -0.4 is 16.2 Å². The van der Waals surface area contributed by atoms with E-state index in [1.807, 2.05) is 0 Å². The Kier molecular flexibility index (Phi) is 3.71. The molecule has 0 bridgehead atoms. The van der Waals surface area contributed by atoms with Gasteiger partial charge in [0.05, 0.1) is 0 Å². The summed E-state index contributed by atoms with van der Waals surface area (Å²) in [5, 5.41) is 9.38. The number of primary sulfonamides is 1. The van der Waals surface area contributed by atoms with Crippen LogP contribution in [0, 0.1) is 0 Å². The molecule has 2 atom stereocenters. The van der Waals surface area contributed by atoms with Crippen LogP contribution in [0.25, 0.3) is 0 Å². The van der Waals surface area contributed by atoms with Crippen molar-refractivity contribution in [2.75, 3.05) is 0 Å². The van der Waals surface area contributed by atoms with Crippen LogP contribution in [0.2, 0.25) is 0 Å². The van der Waals surface area contributed by atoms with Crippen molar-refractivity contribution in [2.24, 2.45) is 10.9 Å². The Labute approximate surface area is 109 Å². The summed E-state index contributed by atoms with van der Waals surface area (Å²) < 4.78 is 22.6. The first kappa shape index (κ1) is 13.5. The summed E-state index contributed by atoms with van der Waals surface area (Å²) in [6.45, 7) is 0. The highest BCUT2D eigenvalue weighted by Gasteiger charge is 2.26. The van der Waals surface area contributed by atoms with Gasteiger partial charge in [0.1, 0.15) is 9.77 Å². The minimum Gasteiger partial charge on any atom is -0.349 e. The van der Waals surface area contributed by atoms with Gasteiger partial charge in [-0.25, -0.2) is 13.6 Å². The monoisotopic (exact) mass is 289 g/mol. The largest absolute Gasteiger partial charge is 0.349 e. The maximum atomic E-state index is 12.0. The lowest BCUT2D eigenvalue weighted by molar-refractivity contribution is 0.0939. The number of nitrogens with two attached hydrogens (primary N) is 2. The molecule has 1 saturated carbocycles. The Morgan fingerprint density at radius 2 is 2.17 bits per heavy atom. The molecule has 1 amide bonds. The molecule has 100 valence electrons. The Bertz CT molecular complexity index is 552. The van der Waals surface area contributed by atoms with Crippen LogP contribution >= 0.6 is 11.3 Å². The molecule has 5 N–H and O–H groups in total. The zero-order chi connectivity index (χ0) is 13.3. The predicted molar refractivity (Wildman–Crippen MR) is 68.8 cm³/mol. The number of carbonyl (C=O) groups is 1. The van der Waals surface area contributed by atoms with Gasteiger partial charge < -0.3 is 11.1 Å². The van der Waals surface area contributed by atoms with Crippen molar-refractivity contribution in [3.05, 3.63) is 16.3 Å². The number of sulfonamides is 1. The smallest absolute Gasteiger partial charge is 0.262 e. The van der Waals surface area contributed by atoms with Crippen LogP contribution in [0.1, 0.15) is 28.9 Å². The minimum atomic E-state index is -3.85. The molecule has 1 aliphatic carbocycles. The maximum absolute atomic E-state index is 12.0. The molecule has 0 radical (unpaired) electrons. The highest BCUT2D eigenvalue weighted by Crippen LogP contribution is 2.22. The molecule has 2 rings (SSSR count). The lowest BCUT2D eigenvalue weighted by atomic mass is 10.2. The summed E-state index contributed by atoms with van der Waals surface area (Å²) in [5.41, 5.74) is 5.75.